The van der Waals surface area contributed by atoms with Gasteiger partial charge in [0.2, 0.25) is 0 Å². The fourth-order valence-electron chi connectivity index (χ4n) is 3.13. The molecule has 1 N–H and O–H groups in total. The number of rotatable bonds is 9. The Morgan fingerprint density at radius 3 is 2.48 bits per heavy atom. The molecule has 0 aliphatic heterocycles. The first-order valence-corrected chi connectivity index (χ1v) is 9.84. The predicted octanol–water partition coefficient (Wildman–Crippen LogP) is 4.09. The molecular formula is C24H27N3O2. The van der Waals surface area contributed by atoms with Crippen molar-refractivity contribution in [2.75, 3.05) is 25.1 Å². The number of pyridine rings is 1. The molecule has 0 saturated carbocycles. The van der Waals surface area contributed by atoms with Crippen molar-refractivity contribution in [3.63, 3.8) is 0 Å². The molecule has 1 amide bonds. The van der Waals surface area contributed by atoms with E-state index in [1.807, 2.05) is 48.5 Å². The number of aromatic nitrogens is 1. The number of nitrogens with one attached hydrogen (secondary N) is 1. The molecule has 3 rings (SSSR count). The lowest BCUT2D eigenvalue weighted by Gasteiger charge is -2.23. The van der Waals surface area contributed by atoms with Gasteiger partial charge in [0, 0.05) is 25.8 Å². The average Bonchev–Trinajstić information content (AvgIpc) is 2.78. The first-order chi connectivity index (χ1) is 14.2. The van der Waals surface area contributed by atoms with E-state index in [-0.39, 0.29) is 5.91 Å². The van der Waals surface area contributed by atoms with E-state index in [1.54, 1.807) is 19.5 Å². The van der Waals surface area contributed by atoms with Crippen LogP contribution in [-0.2, 0) is 13.0 Å². The molecule has 3 aromatic rings. The minimum atomic E-state index is -0.108. The Bertz CT molecular complexity index is 911. The molecule has 5 heteroatoms. The van der Waals surface area contributed by atoms with E-state index in [1.165, 1.54) is 5.56 Å². The Labute approximate surface area is 172 Å². The third-order valence-electron chi connectivity index (χ3n) is 4.81. The van der Waals surface area contributed by atoms with Crippen LogP contribution in [0.5, 0.6) is 5.75 Å². The number of carbonyl (C=O) groups is 1. The van der Waals surface area contributed by atoms with Crippen molar-refractivity contribution in [1.29, 1.82) is 0 Å². The van der Waals surface area contributed by atoms with E-state index in [2.05, 4.69) is 34.3 Å². The van der Waals surface area contributed by atoms with Crippen molar-refractivity contribution in [3.8, 4) is 5.75 Å². The molecule has 0 aliphatic carbocycles. The van der Waals surface area contributed by atoms with Crippen molar-refractivity contribution < 1.29 is 9.53 Å². The number of methoxy groups -OCH3 is 1. The van der Waals surface area contributed by atoms with Crippen LogP contribution in [0.3, 0.4) is 0 Å². The van der Waals surface area contributed by atoms with Gasteiger partial charge in [-0.3, -0.25) is 9.78 Å². The van der Waals surface area contributed by atoms with Gasteiger partial charge < -0.3 is 15.0 Å². The van der Waals surface area contributed by atoms with Crippen LogP contribution in [0.15, 0.2) is 73.1 Å². The molecule has 0 unspecified atom stereocenters. The number of hydrogen-bond donors (Lipinski definition) is 1. The molecule has 0 aliphatic rings. The Morgan fingerprint density at radius 2 is 1.79 bits per heavy atom. The minimum absolute atomic E-state index is 0.108. The second-order valence-corrected chi connectivity index (χ2v) is 6.79. The zero-order valence-corrected chi connectivity index (χ0v) is 17.0. The van der Waals surface area contributed by atoms with Crippen LogP contribution in [0, 0.1) is 0 Å². The summed E-state index contributed by atoms with van der Waals surface area (Å²) in [6, 6.07) is 20.1. The Hall–Kier alpha value is -3.34. The van der Waals surface area contributed by atoms with Crippen molar-refractivity contribution in [1.82, 2.24) is 10.3 Å². The Kier molecular flexibility index (Phi) is 7.22. The van der Waals surface area contributed by atoms with Gasteiger partial charge in [-0.1, -0.05) is 42.5 Å². The second-order valence-electron chi connectivity index (χ2n) is 6.79. The van der Waals surface area contributed by atoms with E-state index in [4.69, 9.17) is 4.74 Å². The smallest absolute Gasteiger partial charge is 0.252 e. The standard InChI is InChI=1S/C24H27N3O2/c1-3-27(18-20-7-5-4-6-8-20)22-15-21(16-25-17-22)24(28)26-14-13-19-9-11-23(29-2)12-10-19/h4-12,15-17H,3,13-14,18H2,1-2H3,(H,26,28). The second kappa shape index (κ2) is 10.3. The fourth-order valence-corrected chi connectivity index (χ4v) is 3.13. The predicted molar refractivity (Wildman–Crippen MR) is 116 cm³/mol. The normalized spacial score (nSPS) is 10.4. The minimum Gasteiger partial charge on any atom is -0.497 e. The first kappa shape index (κ1) is 20.4. The van der Waals surface area contributed by atoms with Gasteiger partial charge in [0.25, 0.3) is 5.91 Å². The van der Waals surface area contributed by atoms with Gasteiger partial charge in [0.05, 0.1) is 24.6 Å². The molecule has 0 bridgehead atoms. The van der Waals surface area contributed by atoms with E-state index < -0.39 is 0 Å². The Balaban J connectivity index is 1.59. The number of anilines is 1. The summed E-state index contributed by atoms with van der Waals surface area (Å²) in [4.78, 5) is 19.1. The molecule has 0 fully saturated rings. The van der Waals surface area contributed by atoms with Gasteiger partial charge in [-0.05, 0) is 42.7 Å². The number of nitrogens with zero attached hydrogens (tertiary/aromatic N) is 2. The van der Waals surface area contributed by atoms with E-state index in [9.17, 15) is 4.79 Å². The van der Waals surface area contributed by atoms with Gasteiger partial charge in [-0.2, -0.15) is 0 Å². The third kappa shape index (κ3) is 5.82. The van der Waals surface area contributed by atoms with Crippen molar-refractivity contribution >= 4 is 11.6 Å². The van der Waals surface area contributed by atoms with Crippen LogP contribution >= 0.6 is 0 Å². The number of amides is 1. The molecule has 0 spiro atoms. The summed E-state index contributed by atoms with van der Waals surface area (Å²) >= 11 is 0. The summed E-state index contributed by atoms with van der Waals surface area (Å²) in [5, 5.41) is 2.98. The van der Waals surface area contributed by atoms with E-state index in [0.29, 0.717) is 12.1 Å². The highest BCUT2D eigenvalue weighted by Gasteiger charge is 2.11. The molecule has 0 atom stereocenters. The monoisotopic (exact) mass is 389 g/mol. The zero-order chi connectivity index (χ0) is 20.5. The highest BCUT2D eigenvalue weighted by Crippen LogP contribution is 2.18. The molecule has 5 nitrogen and oxygen atoms in total. The maximum Gasteiger partial charge on any atom is 0.252 e. The van der Waals surface area contributed by atoms with Crippen LogP contribution in [0.25, 0.3) is 0 Å². The van der Waals surface area contributed by atoms with Crippen LogP contribution in [0.2, 0.25) is 0 Å². The average molecular weight is 389 g/mol. The lowest BCUT2D eigenvalue weighted by Crippen LogP contribution is -2.27. The molecule has 150 valence electrons. The topological polar surface area (TPSA) is 54.5 Å². The summed E-state index contributed by atoms with van der Waals surface area (Å²) in [5.74, 6) is 0.722. The molecule has 1 heterocycles. The number of hydrogen-bond acceptors (Lipinski definition) is 4. The Morgan fingerprint density at radius 1 is 1.03 bits per heavy atom. The molecule has 0 saturated heterocycles. The highest BCUT2D eigenvalue weighted by molar-refractivity contribution is 5.94. The van der Waals surface area contributed by atoms with Crippen molar-refractivity contribution in [3.05, 3.63) is 89.7 Å². The van der Waals surface area contributed by atoms with Crippen LogP contribution in [-0.4, -0.2) is 31.1 Å². The number of ether oxygens (including phenoxy) is 1. The van der Waals surface area contributed by atoms with Gasteiger partial charge in [0.1, 0.15) is 5.75 Å². The maximum atomic E-state index is 12.6. The SMILES string of the molecule is CCN(Cc1ccccc1)c1cncc(C(=O)NCCc2ccc(OC)cc2)c1. The largest absolute Gasteiger partial charge is 0.497 e. The molecular weight excluding hydrogens is 362 g/mol. The lowest BCUT2D eigenvalue weighted by atomic mass is 10.1. The van der Waals surface area contributed by atoms with Crippen LogP contribution < -0.4 is 15.0 Å². The van der Waals surface area contributed by atoms with Gasteiger partial charge in [-0.15, -0.1) is 0 Å². The van der Waals surface area contributed by atoms with Crippen molar-refractivity contribution in [2.45, 2.75) is 19.9 Å². The maximum absolute atomic E-state index is 12.6. The third-order valence-corrected chi connectivity index (χ3v) is 4.81. The van der Waals surface area contributed by atoms with Gasteiger partial charge in [-0.25, -0.2) is 0 Å². The van der Waals surface area contributed by atoms with Crippen molar-refractivity contribution in [2.24, 2.45) is 0 Å². The van der Waals surface area contributed by atoms with Crippen LogP contribution in [0.4, 0.5) is 5.69 Å². The summed E-state index contributed by atoms with van der Waals surface area (Å²) < 4.78 is 5.17. The molecule has 29 heavy (non-hydrogen) atoms. The van der Waals surface area contributed by atoms with Gasteiger partial charge >= 0.3 is 0 Å². The number of benzene rings is 2. The summed E-state index contributed by atoms with van der Waals surface area (Å²) in [6.45, 7) is 4.28. The van der Waals surface area contributed by atoms with E-state index >= 15 is 0 Å². The highest BCUT2D eigenvalue weighted by atomic mass is 16.5. The molecule has 0 radical (unpaired) electrons. The summed E-state index contributed by atoms with van der Waals surface area (Å²) in [6.07, 6.45) is 4.18. The van der Waals surface area contributed by atoms with E-state index in [0.717, 1.165) is 36.5 Å². The zero-order valence-electron chi connectivity index (χ0n) is 17.0. The fraction of sp³-hybridized carbons (Fsp3) is 0.250. The summed E-state index contributed by atoms with van der Waals surface area (Å²) in [5.41, 5.74) is 3.89. The molecule has 1 aromatic heterocycles. The molecule has 2 aromatic carbocycles. The van der Waals surface area contributed by atoms with Gasteiger partial charge in [0.15, 0.2) is 0 Å². The first-order valence-electron chi connectivity index (χ1n) is 9.84. The lowest BCUT2D eigenvalue weighted by molar-refractivity contribution is 0.0954. The van der Waals surface area contributed by atoms with Crippen LogP contribution in [0.1, 0.15) is 28.4 Å². The number of carbonyl (C=O) groups excluding carboxylic acids is 1. The summed E-state index contributed by atoms with van der Waals surface area (Å²) in [7, 11) is 1.65. The quantitative estimate of drug-likeness (QED) is 0.599.